The molecule has 0 aromatic heterocycles. The molecule has 0 aliphatic carbocycles. The van der Waals surface area contributed by atoms with E-state index in [0.29, 0.717) is 0 Å². The first kappa shape index (κ1) is 12.0. The maximum absolute atomic E-state index is 6.32. The van der Waals surface area contributed by atoms with Crippen LogP contribution in [0.1, 0.15) is 5.56 Å². The maximum atomic E-state index is 6.32. The van der Waals surface area contributed by atoms with Crippen molar-refractivity contribution < 1.29 is 0 Å². The van der Waals surface area contributed by atoms with Gasteiger partial charge in [-0.25, -0.2) is 0 Å². The van der Waals surface area contributed by atoms with Gasteiger partial charge in [0, 0.05) is 16.6 Å². The maximum Gasteiger partial charge on any atom is 0.161 e. The van der Waals surface area contributed by atoms with Crippen LogP contribution in [-0.2, 0) is 4.99 Å². The van der Waals surface area contributed by atoms with E-state index in [1.165, 1.54) is 16.3 Å². The van der Waals surface area contributed by atoms with Gasteiger partial charge in [0.15, 0.2) is 4.99 Å². The van der Waals surface area contributed by atoms with Crippen LogP contribution in [0.15, 0.2) is 36.4 Å². The van der Waals surface area contributed by atoms with E-state index < -0.39 is 4.99 Å². The Balaban J connectivity index is 0.000000963. The van der Waals surface area contributed by atoms with Crippen LogP contribution < -0.4 is 11.1 Å². The average Bonchev–Trinajstić information content (AvgIpc) is 2.56. The van der Waals surface area contributed by atoms with Gasteiger partial charge in [0.05, 0.1) is 0 Å². The molecule has 2 aromatic carbocycles. The van der Waals surface area contributed by atoms with E-state index in [-0.39, 0.29) is 24.0 Å². The molecular weight excluding hydrogens is 331 g/mol. The number of rotatable bonds is 1. The highest BCUT2D eigenvalue weighted by Crippen LogP contribution is 2.44. The molecule has 0 radical (unpaired) electrons. The molecule has 3 rings (SSSR count). The Kier molecular flexibility index (Phi) is 3.07. The zero-order valence-electron chi connectivity index (χ0n) is 8.86. The van der Waals surface area contributed by atoms with Crippen molar-refractivity contribution in [3.8, 4) is 0 Å². The molecule has 1 unspecified atom stereocenters. The number of hydrogen-bond acceptors (Lipinski definition) is 3. The van der Waals surface area contributed by atoms with E-state index in [0.717, 1.165) is 5.69 Å². The second-order valence-corrected chi connectivity index (χ2v) is 4.83. The number of halogens is 1. The number of thioether (sulfide) groups is 1. The lowest BCUT2D eigenvalue weighted by molar-refractivity contribution is 0.785. The number of anilines is 1. The second kappa shape index (κ2) is 4.09. The Morgan fingerprint density at radius 2 is 1.88 bits per heavy atom. The number of hydrogen-bond donors (Lipinski definition) is 2. The highest BCUT2D eigenvalue weighted by molar-refractivity contribution is 14.0. The monoisotopic (exact) mass is 344 g/mol. The average molecular weight is 344 g/mol. The Morgan fingerprint density at radius 1 is 1.19 bits per heavy atom. The summed E-state index contributed by atoms with van der Waals surface area (Å²) in [5, 5.41) is 5.88. The minimum atomic E-state index is -0.469. The lowest BCUT2D eigenvalue weighted by Gasteiger charge is -2.24. The van der Waals surface area contributed by atoms with E-state index in [2.05, 4.69) is 41.7 Å². The van der Waals surface area contributed by atoms with E-state index >= 15 is 0 Å². The molecule has 84 valence electrons. The Morgan fingerprint density at radius 3 is 2.56 bits per heavy atom. The van der Waals surface area contributed by atoms with E-state index in [9.17, 15) is 0 Å². The molecule has 4 heteroatoms. The fourth-order valence-corrected chi connectivity index (χ4v) is 2.79. The van der Waals surface area contributed by atoms with Crippen LogP contribution in [0.5, 0.6) is 0 Å². The van der Waals surface area contributed by atoms with E-state index in [4.69, 9.17) is 5.73 Å². The molecule has 1 aliphatic heterocycles. The van der Waals surface area contributed by atoms with E-state index in [1.54, 1.807) is 11.8 Å². The van der Waals surface area contributed by atoms with Gasteiger partial charge in [0.25, 0.3) is 0 Å². The largest absolute Gasteiger partial charge is 0.355 e. The van der Waals surface area contributed by atoms with Gasteiger partial charge in [0.2, 0.25) is 0 Å². The minimum absolute atomic E-state index is 0. The number of benzene rings is 2. The highest BCUT2D eigenvalue weighted by atomic mass is 127. The molecule has 1 aliphatic rings. The molecule has 0 saturated carbocycles. The summed E-state index contributed by atoms with van der Waals surface area (Å²) in [5.41, 5.74) is 8.64. The molecule has 0 amide bonds. The predicted molar refractivity (Wildman–Crippen MR) is 82.4 cm³/mol. The Bertz CT molecular complexity index is 538. The summed E-state index contributed by atoms with van der Waals surface area (Å²) < 4.78 is 0. The standard InChI is InChI=1S/C12H12N2S.HI/c1-15-12(13)9-6-2-4-8-5-3-7-10(14-12)11(8)9;/h2-7,14H,13H2,1H3;1H. The van der Waals surface area contributed by atoms with Crippen LogP contribution in [0.4, 0.5) is 5.69 Å². The molecular formula is C12H13IN2S. The summed E-state index contributed by atoms with van der Waals surface area (Å²) in [6, 6.07) is 12.5. The molecule has 0 bridgehead atoms. The number of nitrogens with two attached hydrogens (primary N) is 1. The zero-order chi connectivity index (χ0) is 10.5. The van der Waals surface area contributed by atoms with Gasteiger partial charge < -0.3 is 5.32 Å². The second-order valence-electron chi connectivity index (χ2n) is 3.77. The van der Waals surface area contributed by atoms with Crippen LogP contribution in [-0.4, -0.2) is 6.26 Å². The first-order valence-electron chi connectivity index (χ1n) is 4.89. The lowest BCUT2D eigenvalue weighted by Crippen LogP contribution is -2.37. The molecule has 3 N–H and O–H groups in total. The van der Waals surface area contributed by atoms with Crippen molar-refractivity contribution in [1.82, 2.24) is 0 Å². The first-order chi connectivity index (χ1) is 7.24. The topological polar surface area (TPSA) is 38.0 Å². The van der Waals surface area contributed by atoms with Crippen molar-refractivity contribution in [3.05, 3.63) is 42.0 Å². The van der Waals surface area contributed by atoms with Gasteiger partial charge in [-0.15, -0.1) is 35.7 Å². The molecule has 0 fully saturated rings. The summed E-state index contributed by atoms with van der Waals surface area (Å²) in [7, 11) is 0. The van der Waals surface area contributed by atoms with Gasteiger partial charge in [-0.05, 0) is 17.7 Å². The SMILES string of the molecule is CSC1(N)Nc2cccc3cccc1c23.I. The van der Waals surface area contributed by atoms with Crippen molar-refractivity contribution in [2.45, 2.75) is 4.99 Å². The summed E-state index contributed by atoms with van der Waals surface area (Å²) >= 11 is 1.63. The van der Waals surface area contributed by atoms with Gasteiger partial charge in [0.1, 0.15) is 0 Å². The summed E-state index contributed by atoms with van der Waals surface area (Å²) in [6.07, 6.45) is 2.03. The van der Waals surface area contributed by atoms with Gasteiger partial charge in [-0.3, -0.25) is 5.73 Å². The van der Waals surface area contributed by atoms with Crippen molar-refractivity contribution in [3.63, 3.8) is 0 Å². The van der Waals surface area contributed by atoms with E-state index in [1.807, 2.05) is 6.26 Å². The smallest absolute Gasteiger partial charge is 0.161 e. The summed E-state index contributed by atoms with van der Waals surface area (Å²) in [5.74, 6) is 0. The minimum Gasteiger partial charge on any atom is -0.355 e. The molecule has 0 saturated heterocycles. The van der Waals surface area contributed by atoms with Crippen molar-refractivity contribution in [2.75, 3.05) is 11.6 Å². The molecule has 2 nitrogen and oxygen atoms in total. The van der Waals surface area contributed by atoms with Gasteiger partial charge in [-0.1, -0.05) is 30.3 Å². The summed E-state index contributed by atoms with van der Waals surface area (Å²) in [6.45, 7) is 0. The molecule has 1 heterocycles. The van der Waals surface area contributed by atoms with Crippen LogP contribution in [0.2, 0.25) is 0 Å². The quantitative estimate of drug-likeness (QED) is 0.616. The first-order valence-corrected chi connectivity index (χ1v) is 6.11. The Labute approximate surface area is 116 Å². The van der Waals surface area contributed by atoms with Gasteiger partial charge in [-0.2, -0.15) is 0 Å². The molecule has 1 atom stereocenters. The predicted octanol–water partition coefficient (Wildman–Crippen LogP) is 3.32. The fraction of sp³-hybridized carbons (Fsp3) is 0.167. The van der Waals surface area contributed by atoms with Crippen LogP contribution >= 0.6 is 35.7 Å². The van der Waals surface area contributed by atoms with Crippen molar-refractivity contribution >= 4 is 52.2 Å². The van der Waals surface area contributed by atoms with Crippen molar-refractivity contribution in [2.24, 2.45) is 5.73 Å². The normalized spacial score (nSPS) is 21.6. The third-order valence-corrected chi connectivity index (χ3v) is 3.91. The zero-order valence-corrected chi connectivity index (χ0v) is 12.0. The van der Waals surface area contributed by atoms with Crippen LogP contribution in [0, 0.1) is 0 Å². The fourth-order valence-electron chi connectivity index (χ4n) is 2.18. The van der Waals surface area contributed by atoms with Crippen molar-refractivity contribution in [1.29, 1.82) is 0 Å². The molecule has 16 heavy (non-hydrogen) atoms. The Hall–Kier alpha value is -0.460. The highest BCUT2D eigenvalue weighted by Gasteiger charge is 2.34. The summed E-state index contributed by atoms with van der Waals surface area (Å²) in [4.78, 5) is -0.469. The molecule has 0 spiro atoms. The van der Waals surface area contributed by atoms with Crippen LogP contribution in [0.25, 0.3) is 10.8 Å². The third kappa shape index (κ3) is 1.51. The third-order valence-electron chi connectivity index (χ3n) is 2.95. The lowest BCUT2D eigenvalue weighted by atomic mass is 10.0. The van der Waals surface area contributed by atoms with Crippen LogP contribution in [0.3, 0.4) is 0 Å². The molecule has 2 aromatic rings. The van der Waals surface area contributed by atoms with Gasteiger partial charge >= 0.3 is 0 Å². The number of nitrogens with one attached hydrogen (secondary N) is 1.